The van der Waals surface area contributed by atoms with Crippen molar-refractivity contribution in [3.05, 3.63) is 72.3 Å². The van der Waals surface area contributed by atoms with Crippen molar-refractivity contribution in [1.29, 1.82) is 5.26 Å². The number of hydrogen-bond acceptors (Lipinski definition) is 9. The van der Waals surface area contributed by atoms with Gasteiger partial charge in [-0.15, -0.1) is 0 Å². The van der Waals surface area contributed by atoms with Crippen molar-refractivity contribution in [3.8, 4) is 28.8 Å². The van der Waals surface area contributed by atoms with Gasteiger partial charge in [-0.2, -0.15) is 10.4 Å². The fourth-order valence-corrected chi connectivity index (χ4v) is 5.88. The van der Waals surface area contributed by atoms with Crippen molar-refractivity contribution < 1.29 is 18.7 Å². The summed E-state index contributed by atoms with van der Waals surface area (Å²) in [6.07, 6.45) is 5.26. The number of fused-ring (bicyclic) bond motifs is 1. The van der Waals surface area contributed by atoms with E-state index in [4.69, 9.17) is 15.2 Å². The topological polar surface area (TPSA) is 135 Å². The highest BCUT2D eigenvalue weighted by atomic mass is 19.1. The van der Waals surface area contributed by atoms with E-state index in [0.717, 1.165) is 45.7 Å². The molecule has 0 radical (unpaired) electrons. The first-order valence-corrected chi connectivity index (χ1v) is 15.4. The molecule has 2 saturated heterocycles. The largest absolute Gasteiger partial charge is 0.457 e. The fourth-order valence-electron chi connectivity index (χ4n) is 5.88. The van der Waals surface area contributed by atoms with Crippen LogP contribution in [0.2, 0.25) is 0 Å². The molecule has 46 heavy (non-hydrogen) atoms. The van der Waals surface area contributed by atoms with Crippen LogP contribution < -0.4 is 10.5 Å². The Morgan fingerprint density at radius 2 is 1.89 bits per heavy atom. The molecule has 0 atom stereocenters. The lowest BCUT2D eigenvalue weighted by Gasteiger charge is -2.45. The van der Waals surface area contributed by atoms with Gasteiger partial charge in [-0.3, -0.25) is 9.69 Å². The predicted molar refractivity (Wildman–Crippen MR) is 173 cm³/mol. The number of nitrogen functional groups attached to an aromatic ring is 1. The Morgan fingerprint density at radius 3 is 2.50 bits per heavy atom. The minimum Gasteiger partial charge on any atom is -0.457 e. The number of para-hydroxylation sites is 1. The number of hydrogen-bond donors (Lipinski definition) is 1. The molecule has 2 aliphatic rings. The lowest BCUT2D eigenvalue weighted by atomic mass is 9.95. The number of carbonyl (C=O) groups is 1. The van der Waals surface area contributed by atoms with Crippen molar-refractivity contribution in [1.82, 2.24) is 29.5 Å². The monoisotopic (exact) mass is 626 g/mol. The Balaban J connectivity index is 0.000000184. The van der Waals surface area contributed by atoms with Crippen molar-refractivity contribution in [3.63, 3.8) is 0 Å². The summed E-state index contributed by atoms with van der Waals surface area (Å²) >= 11 is 0. The molecule has 4 aromatic rings. The van der Waals surface area contributed by atoms with Gasteiger partial charge in [-0.1, -0.05) is 25.1 Å². The first kappa shape index (κ1) is 32.5. The quantitative estimate of drug-likeness (QED) is 0.209. The Hall–Kier alpha value is -4.86. The second-order valence-electron chi connectivity index (χ2n) is 11.8. The third-order valence-electron chi connectivity index (χ3n) is 8.21. The third kappa shape index (κ3) is 7.01. The summed E-state index contributed by atoms with van der Waals surface area (Å²) in [5, 5.41) is 14.3. The summed E-state index contributed by atoms with van der Waals surface area (Å²) in [7, 11) is 1.73. The van der Waals surface area contributed by atoms with Crippen LogP contribution in [-0.4, -0.2) is 79.9 Å². The molecule has 2 fully saturated rings. The molecule has 6 rings (SSSR count). The number of amides is 1. The third-order valence-corrected chi connectivity index (χ3v) is 8.21. The summed E-state index contributed by atoms with van der Waals surface area (Å²) in [4.78, 5) is 24.6. The van der Waals surface area contributed by atoms with E-state index in [0.29, 0.717) is 39.8 Å². The molecule has 0 spiro atoms. The minimum absolute atomic E-state index is 0.121. The maximum Gasteiger partial charge on any atom is 0.264 e. The van der Waals surface area contributed by atoms with Crippen LogP contribution in [0.3, 0.4) is 0 Å². The molecule has 0 saturated carbocycles. The molecular formula is C34H39FN8O3. The number of anilines is 1. The standard InChI is InChI=1S/C18H14FN5O.C16H25N3O2/c1-24-18-15(17(20)21-10-22-18)16(23-24)13-8-7-12(9-14(13)19)25-11-5-3-2-4-6-11;1-4-19(14-11-21-12-14)16(2,3)9-13(10-17)15(20)18-7-5-6-8-18/h2-10H,1H3,(H2,20,21,22);9,14H,4-8,11-12H2,1-3H3/b;13-9+. The fraction of sp³-hybridized carbons (Fsp3) is 0.382. The van der Waals surface area contributed by atoms with Gasteiger partial charge in [-0.25, -0.2) is 19.0 Å². The number of carbonyl (C=O) groups excluding carboxylic acids is 1. The predicted octanol–water partition coefficient (Wildman–Crippen LogP) is 5.10. The Morgan fingerprint density at radius 1 is 1.17 bits per heavy atom. The molecule has 2 N–H and O–H groups in total. The van der Waals surface area contributed by atoms with Crippen LogP contribution >= 0.6 is 0 Å². The van der Waals surface area contributed by atoms with Crippen LogP contribution in [-0.2, 0) is 16.6 Å². The summed E-state index contributed by atoms with van der Waals surface area (Å²) in [5.41, 5.74) is 7.14. The molecule has 0 unspecified atom stereocenters. The molecule has 0 aliphatic carbocycles. The van der Waals surface area contributed by atoms with E-state index in [2.05, 4.69) is 46.8 Å². The Labute approximate surface area is 268 Å². The van der Waals surface area contributed by atoms with Gasteiger partial charge in [0.1, 0.15) is 46.8 Å². The van der Waals surface area contributed by atoms with Gasteiger partial charge in [0.05, 0.1) is 24.6 Å². The molecule has 11 nitrogen and oxygen atoms in total. The minimum atomic E-state index is -0.461. The van der Waals surface area contributed by atoms with Gasteiger partial charge in [-0.05, 0) is 63.6 Å². The zero-order valence-electron chi connectivity index (χ0n) is 26.6. The average Bonchev–Trinajstić information content (AvgIpc) is 3.67. The highest BCUT2D eigenvalue weighted by Gasteiger charge is 2.35. The molecule has 4 heterocycles. The highest BCUT2D eigenvalue weighted by Crippen LogP contribution is 2.33. The molecule has 2 aromatic heterocycles. The van der Waals surface area contributed by atoms with Crippen LogP contribution in [0.15, 0.2) is 66.5 Å². The molecule has 240 valence electrons. The number of likely N-dealkylation sites (tertiary alicyclic amines) is 1. The van der Waals surface area contributed by atoms with Gasteiger partial charge in [0, 0.05) is 37.3 Å². The first-order valence-electron chi connectivity index (χ1n) is 15.4. The molecule has 2 aliphatic heterocycles. The van der Waals surface area contributed by atoms with Gasteiger partial charge in [0.25, 0.3) is 5.91 Å². The van der Waals surface area contributed by atoms with Crippen LogP contribution in [0, 0.1) is 17.1 Å². The van der Waals surface area contributed by atoms with E-state index in [1.165, 1.54) is 12.4 Å². The van der Waals surface area contributed by atoms with Crippen molar-refractivity contribution in [2.45, 2.75) is 45.2 Å². The maximum atomic E-state index is 14.7. The van der Waals surface area contributed by atoms with E-state index in [9.17, 15) is 14.4 Å². The smallest absolute Gasteiger partial charge is 0.264 e. The highest BCUT2D eigenvalue weighted by molar-refractivity contribution is 5.98. The second kappa shape index (κ2) is 14.1. The Kier molecular flexibility index (Phi) is 9.94. The Bertz CT molecular complexity index is 1760. The van der Waals surface area contributed by atoms with E-state index in [1.54, 1.807) is 40.9 Å². The zero-order valence-corrected chi connectivity index (χ0v) is 26.6. The average molecular weight is 627 g/mol. The zero-order chi connectivity index (χ0) is 32.8. The van der Waals surface area contributed by atoms with Gasteiger partial charge in [0.15, 0.2) is 5.65 Å². The second-order valence-corrected chi connectivity index (χ2v) is 11.8. The molecule has 2 aromatic carbocycles. The number of nitriles is 1. The van der Waals surface area contributed by atoms with Crippen LogP contribution in [0.25, 0.3) is 22.3 Å². The number of aromatic nitrogens is 4. The lowest BCUT2D eigenvalue weighted by Crippen LogP contribution is -2.57. The number of aryl methyl sites for hydroxylation is 1. The number of rotatable bonds is 8. The summed E-state index contributed by atoms with van der Waals surface area (Å²) in [6.45, 7) is 10.1. The van der Waals surface area contributed by atoms with Gasteiger partial charge in [0.2, 0.25) is 0 Å². The van der Waals surface area contributed by atoms with Crippen LogP contribution in [0.5, 0.6) is 11.5 Å². The van der Waals surface area contributed by atoms with Crippen LogP contribution in [0.1, 0.15) is 33.6 Å². The number of nitrogens with zero attached hydrogens (tertiary/aromatic N) is 7. The number of nitrogens with two attached hydrogens (primary N) is 1. The molecule has 12 heteroatoms. The van der Waals surface area contributed by atoms with Crippen molar-refractivity contribution in [2.75, 3.05) is 38.6 Å². The summed E-state index contributed by atoms with van der Waals surface area (Å²) < 4.78 is 27.2. The summed E-state index contributed by atoms with van der Waals surface area (Å²) in [6, 6.07) is 16.3. The number of benzene rings is 2. The SMILES string of the molecule is CCN(C1COC1)C(C)(C)/C=C(\C#N)C(=O)N1CCCC1.Cn1nc(-c2ccc(Oc3ccccc3)cc2F)c2c(N)ncnc21. The van der Waals surface area contributed by atoms with E-state index in [-0.39, 0.29) is 22.8 Å². The van der Waals surface area contributed by atoms with Crippen LogP contribution in [0.4, 0.5) is 10.2 Å². The molecular weight excluding hydrogens is 587 g/mol. The lowest BCUT2D eigenvalue weighted by molar-refractivity contribution is -0.125. The van der Waals surface area contributed by atoms with E-state index in [1.807, 2.05) is 24.3 Å². The first-order chi connectivity index (χ1) is 22.1. The number of halogens is 1. The normalized spacial score (nSPS) is 15.3. The molecule has 0 bridgehead atoms. The maximum absolute atomic E-state index is 14.7. The van der Waals surface area contributed by atoms with Crippen molar-refractivity contribution in [2.24, 2.45) is 7.05 Å². The number of likely N-dealkylation sites (N-methyl/N-ethyl adjacent to an activating group) is 1. The van der Waals surface area contributed by atoms with Gasteiger partial charge >= 0.3 is 0 Å². The van der Waals surface area contributed by atoms with Crippen molar-refractivity contribution >= 4 is 22.8 Å². The van der Waals surface area contributed by atoms with Gasteiger partial charge < -0.3 is 20.1 Å². The van der Waals surface area contributed by atoms with E-state index >= 15 is 0 Å². The molecule has 1 amide bonds. The number of ether oxygens (including phenoxy) is 2. The summed E-state index contributed by atoms with van der Waals surface area (Å²) in [5.74, 6) is 0.713. The van der Waals surface area contributed by atoms with E-state index < -0.39 is 5.82 Å².